The standard InChI is InChI=1S/C30H22B3ClN2O6/c1-42-25-16-36(26(37)15-23(25)22-14-19(34)9-12-21(22)27(38)30(31,32)33)24(13-17-5-3-2-4-6-17)28(39)35-20-10-7-18(8-11-20)29(40)41/h2-12,14-16,24H,13H2,1H3,(H,35,39)(H,40,41)/t24-/m1/s1. The van der Waals surface area contributed by atoms with Gasteiger partial charge in [-0.1, -0.05) is 47.0 Å². The zero-order valence-electron chi connectivity index (χ0n) is 22.4. The highest BCUT2D eigenvalue weighted by Gasteiger charge is 2.28. The number of hydrogen-bond acceptors (Lipinski definition) is 5. The van der Waals surface area contributed by atoms with Gasteiger partial charge in [-0.3, -0.25) is 19.0 Å². The number of Topliss-reactive ketones (excluding diaryl/α,β-unsaturated/α-hetero) is 1. The Morgan fingerprint density at radius 3 is 2.24 bits per heavy atom. The Morgan fingerprint density at radius 1 is 0.976 bits per heavy atom. The number of carboxylic acids is 1. The van der Waals surface area contributed by atoms with Gasteiger partial charge in [0.05, 0.1) is 42.4 Å². The van der Waals surface area contributed by atoms with Crippen LogP contribution in [0.25, 0.3) is 11.1 Å². The van der Waals surface area contributed by atoms with Crippen molar-refractivity contribution in [2.45, 2.75) is 17.6 Å². The molecule has 1 amide bonds. The number of pyridine rings is 1. The molecule has 0 fully saturated rings. The molecule has 4 rings (SSSR count). The van der Waals surface area contributed by atoms with Crippen LogP contribution in [0, 0.1) is 0 Å². The minimum absolute atomic E-state index is 0.0192. The number of aromatic nitrogens is 1. The molecular formula is C30H22B3ClN2O6. The van der Waals surface area contributed by atoms with E-state index in [1.807, 2.05) is 30.3 Å². The van der Waals surface area contributed by atoms with E-state index in [1.54, 1.807) is 0 Å². The normalized spacial score (nSPS) is 11.9. The molecule has 0 saturated carbocycles. The Balaban J connectivity index is 1.81. The molecule has 1 aromatic heterocycles. The van der Waals surface area contributed by atoms with Crippen LogP contribution in [0.4, 0.5) is 5.69 Å². The number of aromatic carboxylic acids is 1. The summed E-state index contributed by atoms with van der Waals surface area (Å²) in [6, 6.07) is 19.2. The summed E-state index contributed by atoms with van der Waals surface area (Å²) in [6.45, 7) is 0. The highest BCUT2D eigenvalue weighted by molar-refractivity contribution is 6.70. The summed E-state index contributed by atoms with van der Waals surface area (Å²) in [5.41, 5.74) is 1.03. The van der Waals surface area contributed by atoms with E-state index in [1.165, 1.54) is 66.4 Å². The molecule has 0 bridgehead atoms. The monoisotopic (exact) mass is 574 g/mol. The topological polar surface area (TPSA) is 115 Å². The Labute approximate surface area is 250 Å². The van der Waals surface area contributed by atoms with E-state index >= 15 is 0 Å². The number of carbonyl (C=O) groups is 3. The van der Waals surface area contributed by atoms with Gasteiger partial charge in [-0.05, 0) is 53.6 Å². The highest BCUT2D eigenvalue weighted by Crippen LogP contribution is 2.36. The highest BCUT2D eigenvalue weighted by atomic mass is 35.5. The minimum Gasteiger partial charge on any atom is -0.495 e. The molecule has 0 unspecified atom stereocenters. The summed E-state index contributed by atoms with van der Waals surface area (Å²) in [5.74, 6) is -2.28. The molecule has 1 atom stereocenters. The van der Waals surface area contributed by atoms with Crippen molar-refractivity contribution in [1.82, 2.24) is 4.57 Å². The van der Waals surface area contributed by atoms with Crippen molar-refractivity contribution in [2.75, 3.05) is 12.4 Å². The molecule has 42 heavy (non-hydrogen) atoms. The predicted molar refractivity (Wildman–Crippen MR) is 163 cm³/mol. The number of ether oxygens (including phenoxy) is 1. The fourth-order valence-corrected chi connectivity index (χ4v) is 4.56. The molecule has 6 radical (unpaired) electrons. The summed E-state index contributed by atoms with van der Waals surface area (Å²) in [7, 11) is 18.3. The third kappa shape index (κ3) is 6.86. The van der Waals surface area contributed by atoms with E-state index in [0.717, 1.165) is 5.56 Å². The summed E-state index contributed by atoms with van der Waals surface area (Å²) >= 11 is 6.22. The first kappa shape index (κ1) is 30.5. The number of amides is 1. The first-order valence-corrected chi connectivity index (χ1v) is 13.0. The van der Waals surface area contributed by atoms with Crippen LogP contribution in [0.2, 0.25) is 10.1 Å². The molecule has 3 aromatic carbocycles. The Bertz CT molecular complexity index is 1700. The van der Waals surface area contributed by atoms with Gasteiger partial charge in [-0.25, -0.2) is 4.79 Å². The fourth-order valence-electron chi connectivity index (χ4n) is 4.39. The van der Waals surface area contributed by atoms with E-state index in [0.29, 0.717) is 5.69 Å². The summed E-state index contributed by atoms with van der Waals surface area (Å²) < 4.78 is 6.82. The maximum Gasteiger partial charge on any atom is 0.335 e. The maximum absolute atomic E-state index is 13.6. The van der Waals surface area contributed by atoms with E-state index in [2.05, 4.69) is 5.32 Å². The SMILES string of the molecule is [B]C([B])([B])C(=O)c1ccc(Cl)cc1-c1cc(=O)n([C@H](Cc2ccccc2)C(=O)Nc2ccc(C(=O)O)cc2)cc1OC. The molecule has 12 heteroatoms. The average Bonchev–Trinajstić information content (AvgIpc) is 2.96. The van der Waals surface area contributed by atoms with E-state index in [4.69, 9.17) is 45.0 Å². The van der Waals surface area contributed by atoms with Crippen LogP contribution in [-0.2, 0) is 11.2 Å². The molecule has 0 aliphatic carbocycles. The number of carboxylic acid groups (broad SMARTS) is 1. The molecule has 2 N–H and O–H groups in total. The summed E-state index contributed by atoms with van der Waals surface area (Å²) in [5, 5.41) is 9.99. The van der Waals surface area contributed by atoms with Crippen molar-refractivity contribution < 1.29 is 24.2 Å². The lowest BCUT2D eigenvalue weighted by molar-refractivity contribution is -0.119. The van der Waals surface area contributed by atoms with Crippen molar-refractivity contribution in [3.05, 3.63) is 117 Å². The van der Waals surface area contributed by atoms with Crippen molar-refractivity contribution in [3.8, 4) is 16.9 Å². The summed E-state index contributed by atoms with van der Waals surface area (Å²) in [6.07, 6.45) is 1.51. The van der Waals surface area contributed by atoms with Gasteiger partial charge in [0, 0.05) is 34.3 Å². The number of nitrogens with one attached hydrogen (secondary N) is 1. The van der Waals surface area contributed by atoms with Gasteiger partial charge in [0.1, 0.15) is 17.6 Å². The molecule has 0 spiro atoms. The zero-order chi connectivity index (χ0) is 30.6. The predicted octanol–water partition coefficient (Wildman–Crippen LogP) is 4.06. The van der Waals surface area contributed by atoms with Gasteiger partial charge < -0.3 is 15.2 Å². The Hall–Kier alpha value is -4.50. The Kier molecular flexibility index (Phi) is 9.12. The van der Waals surface area contributed by atoms with E-state index < -0.39 is 34.4 Å². The molecule has 0 aliphatic rings. The van der Waals surface area contributed by atoms with Crippen molar-refractivity contribution in [2.24, 2.45) is 0 Å². The smallest absolute Gasteiger partial charge is 0.335 e. The molecule has 1 heterocycles. The van der Waals surface area contributed by atoms with Gasteiger partial charge in [0.15, 0.2) is 0 Å². The number of ketones is 1. The Morgan fingerprint density at radius 2 is 1.64 bits per heavy atom. The van der Waals surface area contributed by atoms with Crippen LogP contribution in [0.3, 0.4) is 0 Å². The number of hydrogen-bond donors (Lipinski definition) is 2. The number of methoxy groups -OCH3 is 1. The van der Waals surface area contributed by atoms with Crippen LogP contribution in [0.5, 0.6) is 5.75 Å². The third-order valence-corrected chi connectivity index (χ3v) is 6.72. The summed E-state index contributed by atoms with van der Waals surface area (Å²) in [4.78, 5) is 51.4. The number of nitrogens with zero attached hydrogens (tertiary/aromatic N) is 1. The number of anilines is 1. The van der Waals surface area contributed by atoms with Gasteiger partial charge >= 0.3 is 5.97 Å². The van der Waals surface area contributed by atoms with E-state index in [-0.39, 0.29) is 39.4 Å². The van der Waals surface area contributed by atoms with Gasteiger partial charge in [0.2, 0.25) is 5.91 Å². The molecule has 4 aromatic rings. The molecule has 0 saturated heterocycles. The van der Waals surface area contributed by atoms with Crippen LogP contribution >= 0.6 is 11.6 Å². The van der Waals surface area contributed by atoms with Crippen molar-refractivity contribution >= 4 is 58.5 Å². The van der Waals surface area contributed by atoms with Gasteiger partial charge in [-0.15, -0.1) is 0 Å². The van der Waals surface area contributed by atoms with Gasteiger partial charge in [0.25, 0.3) is 5.56 Å². The molecular weight excluding hydrogens is 552 g/mol. The number of rotatable bonds is 10. The zero-order valence-corrected chi connectivity index (χ0v) is 23.2. The number of benzene rings is 3. The molecule has 204 valence electrons. The van der Waals surface area contributed by atoms with Crippen molar-refractivity contribution in [3.63, 3.8) is 0 Å². The number of carbonyl (C=O) groups excluding carboxylic acids is 2. The number of halogens is 1. The first-order valence-electron chi connectivity index (χ1n) is 12.6. The second-order valence-corrected chi connectivity index (χ2v) is 9.97. The second kappa shape index (κ2) is 12.6. The largest absolute Gasteiger partial charge is 0.495 e. The maximum atomic E-state index is 13.6. The van der Waals surface area contributed by atoms with Crippen LogP contribution in [-0.4, -0.2) is 58.0 Å². The average molecular weight is 574 g/mol. The quantitative estimate of drug-likeness (QED) is 0.218. The minimum atomic E-state index is -2.19. The fraction of sp³-hybridized carbons (Fsp3) is 0.133. The van der Waals surface area contributed by atoms with Crippen molar-refractivity contribution in [1.29, 1.82) is 0 Å². The van der Waals surface area contributed by atoms with Crippen LogP contribution in [0.15, 0.2) is 89.9 Å². The van der Waals surface area contributed by atoms with E-state index in [9.17, 15) is 19.2 Å². The molecule has 0 aliphatic heterocycles. The second-order valence-electron chi connectivity index (χ2n) is 9.53. The van der Waals surface area contributed by atoms with Crippen LogP contribution in [0.1, 0.15) is 32.3 Å². The van der Waals surface area contributed by atoms with Gasteiger partial charge in [-0.2, -0.15) is 0 Å². The molecule has 8 nitrogen and oxygen atoms in total. The lowest BCUT2D eigenvalue weighted by Gasteiger charge is -2.23. The lowest BCUT2D eigenvalue weighted by atomic mass is 9.40. The lowest BCUT2D eigenvalue weighted by Crippen LogP contribution is -2.34. The van der Waals surface area contributed by atoms with Crippen LogP contribution < -0.4 is 15.6 Å². The third-order valence-electron chi connectivity index (χ3n) is 6.48. The first-order chi connectivity index (χ1) is 19.9.